The quantitative estimate of drug-likeness (QED) is 0.275. The zero-order valence-electron chi connectivity index (χ0n) is 15.5. The van der Waals surface area contributed by atoms with Gasteiger partial charge in [-0.2, -0.15) is 5.10 Å². The third-order valence-corrected chi connectivity index (χ3v) is 4.20. The Labute approximate surface area is 147 Å². The van der Waals surface area contributed by atoms with Gasteiger partial charge in [-0.15, -0.1) is 0 Å². The molecule has 0 spiro atoms. The van der Waals surface area contributed by atoms with E-state index < -0.39 is 0 Å². The van der Waals surface area contributed by atoms with Gasteiger partial charge >= 0.3 is 0 Å². The van der Waals surface area contributed by atoms with E-state index in [0.717, 1.165) is 43.4 Å². The molecule has 1 rings (SSSR count). The van der Waals surface area contributed by atoms with Gasteiger partial charge in [-0.1, -0.05) is 89.1 Å². The summed E-state index contributed by atoms with van der Waals surface area (Å²) < 4.78 is 0. The van der Waals surface area contributed by atoms with Crippen molar-refractivity contribution in [3.8, 4) is 0 Å². The summed E-state index contributed by atoms with van der Waals surface area (Å²) in [7, 11) is 0. The Balaban J connectivity index is 2.33. The second kappa shape index (κ2) is 13.8. The molecule has 0 aromatic heterocycles. The lowest BCUT2D eigenvalue weighted by Gasteiger charge is -2.07. The molecule has 1 amide bonds. The molecule has 3 heteroatoms. The van der Waals surface area contributed by atoms with Gasteiger partial charge in [-0.05, 0) is 24.8 Å². The molecule has 0 aliphatic carbocycles. The highest BCUT2D eigenvalue weighted by atomic mass is 16.2. The second-order valence-electron chi connectivity index (χ2n) is 6.43. The Morgan fingerprint density at radius 3 is 2.12 bits per heavy atom. The summed E-state index contributed by atoms with van der Waals surface area (Å²) in [6, 6.07) is 10.1. The predicted octanol–water partition coefficient (Wildman–Crippen LogP) is 5.84. The topological polar surface area (TPSA) is 41.5 Å². The van der Waals surface area contributed by atoms with Crippen LogP contribution < -0.4 is 5.43 Å². The van der Waals surface area contributed by atoms with Gasteiger partial charge in [0.15, 0.2) is 0 Å². The van der Waals surface area contributed by atoms with Gasteiger partial charge in [-0.25, -0.2) is 5.43 Å². The summed E-state index contributed by atoms with van der Waals surface area (Å²) in [5, 5.41) is 4.39. The summed E-state index contributed by atoms with van der Waals surface area (Å²) in [6.07, 6.45) is 12.3. The minimum absolute atomic E-state index is 0.0356. The molecule has 0 aliphatic rings. The molecule has 0 aliphatic heterocycles. The first-order valence-corrected chi connectivity index (χ1v) is 9.68. The van der Waals surface area contributed by atoms with E-state index in [0.29, 0.717) is 6.42 Å². The number of carbonyl (C=O) groups is 1. The maximum atomic E-state index is 12.0. The molecule has 0 fully saturated rings. The van der Waals surface area contributed by atoms with Crippen molar-refractivity contribution in [2.24, 2.45) is 5.10 Å². The fraction of sp³-hybridized carbons (Fsp3) is 0.619. The van der Waals surface area contributed by atoms with E-state index in [1.165, 1.54) is 32.1 Å². The smallest absolute Gasteiger partial charge is 0.240 e. The molecule has 0 atom stereocenters. The van der Waals surface area contributed by atoms with Gasteiger partial charge in [0.2, 0.25) is 5.91 Å². The molecule has 1 N–H and O–H groups in total. The number of rotatable bonds is 13. The van der Waals surface area contributed by atoms with Gasteiger partial charge in [0, 0.05) is 6.42 Å². The standard InChI is InChI=1S/C21H34N2O/c1-3-5-7-8-9-10-14-18-21(24)23-22-20(17-6-4-2)19-15-12-11-13-16-19/h11-13,15-16H,3-10,14,17-18H2,1-2H3,(H,23,24). The van der Waals surface area contributed by atoms with E-state index in [1.807, 2.05) is 18.2 Å². The molecular formula is C21H34N2O. The molecule has 24 heavy (non-hydrogen) atoms. The van der Waals surface area contributed by atoms with Gasteiger partial charge in [0.1, 0.15) is 0 Å². The van der Waals surface area contributed by atoms with E-state index in [1.54, 1.807) is 0 Å². The fourth-order valence-corrected chi connectivity index (χ4v) is 2.67. The van der Waals surface area contributed by atoms with Crippen LogP contribution >= 0.6 is 0 Å². The third-order valence-electron chi connectivity index (χ3n) is 4.20. The Morgan fingerprint density at radius 1 is 0.833 bits per heavy atom. The highest BCUT2D eigenvalue weighted by Crippen LogP contribution is 2.09. The summed E-state index contributed by atoms with van der Waals surface area (Å²) in [6.45, 7) is 4.40. The fourth-order valence-electron chi connectivity index (χ4n) is 2.67. The first-order valence-electron chi connectivity index (χ1n) is 9.68. The summed E-state index contributed by atoms with van der Waals surface area (Å²) >= 11 is 0. The highest BCUT2D eigenvalue weighted by Gasteiger charge is 2.05. The molecule has 1 aromatic carbocycles. The van der Waals surface area contributed by atoms with E-state index in [2.05, 4.69) is 36.5 Å². The van der Waals surface area contributed by atoms with Crippen molar-refractivity contribution in [3.05, 3.63) is 35.9 Å². The number of hydrazone groups is 1. The lowest BCUT2D eigenvalue weighted by Crippen LogP contribution is -2.19. The molecular weight excluding hydrogens is 296 g/mol. The molecule has 3 nitrogen and oxygen atoms in total. The average Bonchev–Trinajstić information content (AvgIpc) is 2.62. The van der Waals surface area contributed by atoms with E-state index in [4.69, 9.17) is 0 Å². The number of benzene rings is 1. The lowest BCUT2D eigenvalue weighted by molar-refractivity contribution is -0.121. The van der Waals surface area contributed by atoms with Crippen molar-refractivity contribution in [2.75, 3.05) is 0 Å². The number of hydrogen-bond acceptors (Lipinski definition) is 2. The van der Waals surface area contributed by atoms with Gasteiger partial charge in [0.25, 0.3) is 0 Å². The molecule has 0 saturated heterocycles. The highest BCUT2D eigenvalue weighted by molar-refractivity contribution is 6.01. The normalized spacial score (nSPS) is 11.5. The van der Waals surface area contributed by atoms with Crippen LogP contribution in [-0.4, -0.2) is 11.6 Å². The molecule has 0 heterocycles. The van der Waals surface area contributed by atoms with Crippen molar-refractivity contribution in [1.82, 2.24) is 5.43 Å². The first-order chi connectivity index (χ1) is 11.8. The molecule has 0 radical (unpaired) electrons. The summed E-state index contributed by atoms with van der Waals surface area (Å²) in [5.41, 5.74) is 4.83. The van der Waals surface area contributed by atoms with Crippen LogP contribution in [0.2, 0.25) is 0 Å². The maximum absolute atomic E-state index is 12.0. The number of nitrogens with zero attached hydrogens (tertiary/aromatic N) is 1. The second-order valence-corrected chi connectivity index (χ2v) is 6.43. The van der Waals surface area contributed by atoms with Crippen LogP contribution in [0.1, 0.15) is 90.0 Å². The van der Waals surface area contributed by atoms with Crippen molar-refractivity contribution < 1.29 is 4.79 Å². The van der Waals surface area contributed by atoms with Gasteiger partial charge < -0.3 is 0 Å². The van der Waals surface area contributed by atoms with Crippen LogP contribution in [0.4, 0.5) is 0 Å². The third kappa shape index (κ3) is 9.49. The minimum atomic E-state index is 0.0356. The predicted molar refractivity (Wildman–Crippen MR) is 103 cm³/mol. The molecule has 134 valence electrons. The molecule has 0 bridgehead atoms. The van der Waals surface area contributed by atoms with Crippen LogP contribution in [0.25, 0.3) is 0 Å². The largest absolute Gasteiger partial charge is 0.273 e. The SMILES string of the molecule is CCCCCCCCCC(=O)NN=C(CCCC)c1ccccc1. The average molecular weight is 331 g/mol. The number of hydrogen-bond donors (Lipinski definition) is 1. The van der Waals surface area contributed by atoms with Crippen molar-refractivity contribution in [2.45, 2.75) is 84.5 Å². The van der Waals surface area contributed by atoms with E-state index >= 15 is 0 Å². The Bertz CT molecular complexity index is 468. The summed E-state index contributed by atoms with van der Waals surface area (Å²) in [5.74, 6) is 0.0356. The van der Waals surface area contributed by atoms with E-state index in [-0.39, 0.29) is 5.91 Å². The van der Waals surface area contributed by atoms with Crippen LogP contribution in [0, 0.1) is 0 Å². The molecule has 0 unspecified atom stereocenters. The Morgan fingerprint density at radius 2 is 1.46 bits per heavy atom. The zero-order chi connectivity index (χ0) is 17.5. The van der Waals surface area contributed by atoms with Gasteiger partial charge in [0.05, 0.1) is 5.71 Å². The number of carbonyl (C=O) groups excluding carboxylic acids is 1. The first kappa shape index (κ1) is 20.4. The molecule has 0 saturated carbocycles. The lowest BCUT2D eigenvalue weighted by atomic mass is 10.1. The van der Waals surface area contributed by atoms with Gasteiger partial charge in [-0.3, -0.25) is 4.79 Å². The Kier molecular flexibility index (Phi) is 11.7. The van der Waals surface area contributed by atoms with Crippen molar-refractivity contribution in [3.63, 3.8) is 0 Å². The monoisotopic (exact) mass is 330 g/mol. The van der Waals surface area contributed by atoms with Crippen LogP contribution in [0.15, 0.2) is 35.4 Å². The van der Waals surface area contributed by atoms with Crippen molar-refractivity contribution >= 4 is 11.6 Å². The molecule has 1 aromatic rings. The number of amides is 1. The van der Waals surface area contributed by atoms with E-state index in [9.17, 15) is 4.79 Å². The van der Waals surface area contributed by atoms with Crippen LogP contribution in [0.3, 0.4) is 0 Å². The van der Waals surface area contributed by atoms with Crippen molar-refractivity contribution in [1.29, 1.82) is 0 Å². The minimum Gasteiger partial charge on any atom is -0.273 e. The van der Waals surface area contributed by atoms with Crippen LogP contribution in [-0.2, 0) is 4.79 Å². The van der Waals surface area contributed by atoms with Crippen LogP contribution in [0.5, 0.6) is 0 Å². The zero-order valence-corrected chi connectivity index (χ0v) is 15.5. The summed E-state index contributed by atoms with van der Waals surface area (Å²) in [4.78, 5) is 12.0. The maximum Gasteiger partial charge on any atom is 0.240 e. The number of nitrogens with one attached hydrogen (secondary N) is 1. The number of unbranched alkanes of at least 4 members (excludes halogenated alkanes) is 7. The Hall–Kier alpha value is -1.64.